The first kappa shape index (κ1) is 24.7. The molecule has 0 N–H and O–H groups in total. The first-order valence-corrected chi connectivity index (χ1v) is 12.1. The lowest BCUT2D eigenvalue weighted by atomic mass is 9.84. The maximum Gasteiger partial charge on any atom is 0.242 e. The van der Waals surface area contributed by atoms with Gasteiger partial charge in [-0.2, -0.15) is 0 Å². The molecule has 0 aliphatic heterocycles. The van der Waals surface area contributed by atoms with Gasteiger partial charge in [0.25, 0.3) is 0 Å². The third-order valence-corrected chi connectivity index (χ3v) is 6.59. The highest BCUT2D eigenvalue weighted by Gasteiger charge is 2.31. The molecule has 1 fully saturated rings. The number of carbonyl (C=O) groups excluding carboxylic acids is 2. The van der Waals surface area contributed by atoms with Gasteiger partial charge in [-0.05, 0) is 37.5 Å². The minimum atomic E-state index is -0.221. The van der Waals surface area contributed by atoms with Gasteiger partial charge in [-0.3, -0.25) is 14.4 Å². The highest BCUT2D eigenvalue weighted by molar-refractivity contribution is 5.86. The molecule has 184 valence electrons. The maximum absolute atomic E-state index is 13.5. The summed E-state index contributed by atoms with van der Waals surface area (Å²) in [5.74, 6) is -0.235. The highest BCUT2D eigenvalue weighted by atomic mass is 16.5. The van der Waals surface area contributed by atoms with Crippen molar-refractivity contribution >= 4 is 22.8 Å². The van der Waals surface area contributed by atoms with Crippen molar-refractivity contribution in [3.8, 4) is 0 Å². The minimum absolute atomic E-state index is 0.00186. The van der Waals surface area contributed by atoms with E-state index in [0.29, 0.717) is 36.2 Å². The van der Waals surface area contributed by atoms with Crippen LogP contribution in [0.25, 0.3) is 11.0 Å². The number of fused-ring (bicyclic) bond motifs is 1. The second-order valence-corrected chi connectivity index (χ2v) is 9.21. The Morgan fingerprint density at radius 2 is 1.83 bits per heavy atom. The average molecular weight is 477 g/mol. The number of rotatable bonds is 10. The SMILES string of the molecule is COCCN(CC(=O)N(Cc1ccccc1)Cc1coc2ccc(C)cc2c1=O)C(=O)C1CCC1. The average Bonchev–Trinajstić information content (AvgIpc) is 2.82. The molecule has 0 atom stereocenters. The minimum Gasteiger partial charge on any atom is -0.464 e. The summed E-state index contributed by atoms with van der Waals surface area (Å²) in [4.78, 5) is 43.0. The van der Waals surface area contributed by atoms with Gasteiger partial charge in [0.05, 0.1) is 36.9 Å². The molecule has 1 aliphatic rings. The molecule has 7 heteroatoms. The topological polar surface area (TPSA) is 80.1 Å². The zero-order valence-corrected chi connectivity index (χ0v) is 20.4. The third-order valence-electron chi connectivity index (χ3n) is 6.59. The Balaban J connectivity index is 1.60. The van der Waals surface area contributed by atoms with Gasteiger partial charge in [0.15, 0.2) is 5.43 Å². The van der Waals surface area contributed by atoms with Crippen LogP contribution >= 0.6 is 0 Å². The number of methoxy groups -OCH3 is 1. The summed E-state index contributed by atoms with van der Waals surface area (Å²) in [5.41, 5.74) is 2.67. The molecule has 0 radical (unpaired) electrons. The molecule has 0 spiro atoms. The third kappa shape index (κ3) is 5.98. The number of hydrogen-bond acceptors (Lipinski definition) is 5. The fourth-order valence-corrected chi connectivity index (χ4v) is 4.28. The van der Waals surface area contributed by atoms with Crippen molar-refractivity contribution in [2.24, 2.45) is 5.92 Å². The largest absolute Gasteiger partial charge is 0.464 e. The van der Waals surface area contributed by atoms with Crippen LogP contribution in [-0.4, -0.2) is 48.4 Å². The van der Waals surface area contributed by atoms with E-state index < -0.39 is 0 Å². The number of amides is 2. The van der Waals surface area contributed by atoms with Crippen molar-refractivity contribution in [3.63, 3.8) is 0 Å². The second-order valence-electron chi connectivity index (χ2n) is 9.21. The zero-order valence-electron chi connectivity index (χ0n) is 20.4. The van der Waals surface area contributed by atoms with Crippen molar-refractivity contribution < 1.29 is 18.7 Å². The Morgan fingerprint density at radius 3 is 2.51 bits per heavy atom. The molecular weight excluding hydrogens is 444 g/mol. The van der Waals surface area contributed by atoms with Gasteiger partial charge in [-0.25, -0.2) is 0 Å². The predicted octanol–water partition coefficient (Wildman–Crippen LogP) is 3.91. The Bertz CT molecular complexity index is 1230. The molecule has 2 aromatic carbocycles. The zero-order chi connectivity index (χ0) is 24.8. The summed E-state index contributed by atoms with van der Waals surface area (Å²) in [7, 11) is 1.58. The summed E-state index contributed by atoms with van der Waals surface area (Å²) in [6.45, 7) is 3.00. The summed E-state index contributed by atoms with van der Waals surface area (Å²) in [6.07, 6.45) is 4.21. The molecule has 1 heterocycles. The van der Waals surface area contributed by atoms with Crippen molar-refractivity contribution in [1.29, 1.82) is 0 Å². The van der Waals surface area contributed by atoms with Gasteiger partial charge >= 0.3 is 0 Å². The van der Waals surface area contributed by atoms with Crippen LogP contribution in [0.1, 0.15) is 36.0 Å². The summed E-state index contributed by atoms with van der Waals surface area (Å²) >= 11 is 0. The number of hydrogen-bond donors (Lipinski definition) is 0. The molecule has 0 bridgehead atoms. The summed E-state index contributed by atoms with van der Waals surface area (Å²) in [5, 5.41) is 0.497. The molecule has 35 heavy (non-hydrogen) atoms. The van der Waals surface area contributed by atoms with E-state index in [1.807, 2.05) is 43.3 Å². The fourth-order valence-electron chi connectivity index (χ4n) is 4.28. The molecule has 1 aromatic heterocycles. The van der Waals surface area contributed by atoms with Crippen LogP contribution in [0.15, 0.2) is 64.0 Å². The molecule has 4 rings (SSSR count). The smallest absolute Gasteiger partial charge is 0.242 e. The lowest BCUT2D eigenvalue weighted by molar-refractivity contribution is -0.145. The highest BCUT2D eigenvalue weighted by Crippen LogP contribution is 2.28. The van der Waals surface area contributed by atoms with Gasteiger partial charge in [0.1, 0.15) is 5.58 Å². The molecule has 1 saturated carbocycles. The molecule has 2 amide bonds. The number of benzene rings is 2. The molecule has 7 nitrogen and oxygen atoms in total. The number of ether oxygens (including phenoxy) is 1. The van der Waals surface area contributed by atoms with Crippen LogP contribution in [0.4, 0.5) is 0 Å². The van der Waals surface area contributed by atoms with E-state index in [0.717, 1.165) is 30.4 Å². The van der Waals surface area contributed by atoms with E-state index in [9.17, 15) is 14.4 Å². The number of aryl methyl sites for hydroxylation is 1. The van der Waals surface area contributed by atoms with E-state index in [2.05, 4.69) is 0 Å². The summed E-state index contributed by atoms with van der Waals surface area (Å²) in [6, 6.07) is 15.1. The van der Waals surface area contributed by atoms with Crippen molar-refractivity contribution in [3.05, 3.63) is 81.7 Å². The van der Waals surface area contributed by atoms with Gasteiger partial charge in [-0.15, -0.1) is 0 Å². The number of nitrogens with zero attached hydrogens (tertiary/aromatic N) is 2. The quantitative estimate of drug-likeness (QED) is 0.443. The first-order valence-electron chi connectivity index (χ1n) is 12.1. The molecule has 1 aliphatic carbocycles. The van der Waals surface area contributed by atoms with Crippen molar-refractivity contribution in [1.82, 2.24) is 9.80 Å². The van der Waals surface area contributed by atoms with E-state index in [-0.39, 0.29) is 36.3 Å². The fraction of sp³-hybridized carbons (Fsp3) is 0.393. The van der Waals surface area contributed by atoms with Gasteiger partial charge < -0.3 is 19.0 Å². The summed E-state index contributed by atoms with van der Waals surface area (Å²) < 4.78 is 10.9. The molecule has 0 saturated heterocycles. The second kappa shape index (κ2) is 11.3. The van der Waals surface area contributed by atoms with Crippen LogP contribution in [0.5, 0.6) is 0 Å². The van der Waals surface area contributed by atoms with Crippen molar-refractivity contribution in [2.45, 2.75) is 39.3 Å². The lowest BCUT2D eigenvalue weighted by Gasteiger charge is -2.33. The lowest BCUT2D eigenvalue weighted by Crippen LogP contribution is -2.47. The Labute approximate surface area is 205 Å². The monoisotopic (exact) mass is 476 g/mol. The standard InChI is InChI=1S/C28H32N2O5/c1-20-11-12-25-24(15-20)27(32)23(19-35-25)17-30(16-21-7-4-3-5-8-21)26(31)18-29(13-14-34-2)28(33)22-9-6-10-22/h3-5,7-8,11-12,15,19,22H,6,9-10,13-14,16-18H2,1-2H3. The maximum atomic E-state index is 13.5. The predicted molar refractivity (Wildman–Crippen MR) is 134 cm³/mol. The molecule has 0 unspecified atom stereocenters. The van der Waals surface area contributed by atoms with Crippen molar-refractivity contribution in [2.75, 3.05) is 26.8 Å². The van der Waals surface area contributed by atoms with E-state index in [4.69, 9.17) is 9.15 Å². The van der Waals surface area contributed by atoms with Crippen LogP contribution in [-0.2, 0) is 27.4 Å². The van der Waals surface area contributed by atoms with Gasteiger partial charge in [0.2, 0.25) is 11.8 Å². The Kier molecular flexibility index (Phi) is 7.98. The Hall–Kier alpha value is -3.45. The molecule has 3 aromatic rings. The Morgan fingerprint density at radius 1 is 1.06 bits per heavy atom. The van der Waals surface area contributed by atoms with E-state index >= 15 is 0 Å². The number of carbonyl (C=O) groups is 2. The van der Waals surface area contributed by atoms with Crippen LogP contribution in [0, 0.1) is 12.8 Å². The molecular formula is C28H32N2O5. The first-order chi connectivity index (χ1) is 17.0. The van der Waals surface area contributed by atoms with Gasteiger partial charge in [-0.1, -0.05) is 48.4 Å². The normalized spacial score (nSPS) is 13.4. The van der Waals surface area contributed by atoms with Gasteiger partial charge in [0, 0.05) is 26.1 Å². The van der Waals surface area contributed by atoms with Crippen LogP contribution in [0.2, 0.25) is 0 Å². The van der Waals surface area contributed by atoms with E-state index in [1.54, 1.807) is 29.0 Å². The van der Waals surface area contributed by atoms with E-state index in [1.165, 1.54) is 6.26 Å². The van der Waals surface area contributed by atoms with Crippen LogP contribution < -0.4 is 5.43 Å². The van der Waals surface area contributed by atoms with Crippen LogP contribution in [0.3, 0.4) is 0 Å².